The Hall–Kier alpha value is -0.530. The van der Waals surface area contributed by atoms with E-state index in [1.54, 1.807) is 0 Å². The van der Waals surface area contributed by atoms with Crippen LogP contribution in [0.25, 0.3) is 0 Å². The first kappa shape index (κ1) is 8.57. The molecule has 0 aromatic rings. The molecule has 1 saturated heterocycles. The highest BCUT2D eigenvalue weighted by Gasteiger charge is 2.36. The van der Waals surface area contributed by atoms with Gasteiger partial charge in [0.1, 0.15) is 0 Å². The summed E-state index contributed by atoms with van der Waals surface area (Å²) in [6, 6.07) is 0.311. The van der Waals surface area contributed by atoms with Gasteiger partial charge in [0.15, 0.2) is 0 Å². The summed E-state index contributed by atoms with van der Waals surface area (Å²) in [5.41, 5.74) is 0.257. The number of amides is 1. The maximum atomic E-state index is 11.2. The van der Waals surface area contributed by atoms with Crippen LogP contribution in [0.4, 0.5) is 0 Å². The van der Waals surface area contributed by atoms with Gasteiger partial charge < -0.3 is 5.32 Å². The Morgan fingerprint density at radius 2 is 2.00 bits per heavy atom. The van der Waals surface area contributed by atoms with Gasteiger partial charge in [-0.3, -0.25) is 4.79 Å². The van der Waals surface area contributed by atoms with Crippen molar-refractivity contribution < 1.29 is 4.79 Å². The topological polar surface area (TPSA) is 29.1 Å². The molecule has 2 unspecified atom stereocenters. The van der Waals surface area contributed by atoms with Crippen molar-refractivity contribution in [3.05, 3.63) is 0 Å². The van der Waals surface area contributed by atoms with Gasteiger partial charge in [-0.2, -0.15) is 0 Å². The van der Waals surface area contributed by atoms with E-state index in [0.29, 0.717) is 6.04 Å². The van der Waals surface area contributed by atoms with Crippen molar-refractivity contribution in [2.24, 2.45) is 11.3 Å². The van der Waals surface area contributed by atoms with Crippen molar-refractivity contribution in [3.8, 4) is 0 Å². The Balaban J connectivity index is 2.70. The molecule has 1 rings (SSSR count). The highest BCUT2D eigenvalue weighted by molar-refractivity contribution is 5.79. The van der Waals surface area contributed by atoms with E-state index in [1.807, 2.05) is 6.92 Å². The van der Waals surface area contributed by atoms with Crippen LogP contribution in [0.2, 0.25) is 0 Å². The summed E-state index contributed by atoms with van der Waals surface area (Å²) in [5.74, 6) is 0.387. The lowest BCUT2D eigenvalue weighted by Gasteiger charge is -2.39. The SMILES string of the molecule is CC1CC(C)(C)C(C)NC1=O. The van der Waals surface area contributed by atoms with Crippen LogP contribution in [0.15, 0.2) is 0 Å². The Bertz CT molecular complexity index is 174. The van der Waals surface area contributed by atoms with Gasteiger partial charge in [-0.1, -0.05) is 20.8 Å². The maximum absolute atomic E-state index is 11.2. The molecule has 1 aliphatic rings. The van der Waals surface area contributed by atoms with E-state index >= 15 is 0 Å². The predicted molar refractivity (Wildman–Crippen MR) is 45.2 cm³/mol. The number of hydrogen-bond donors (Lipinski definition) is 1. The van der Waals surface area contributed by atoms with E-state index in [1.165, 1.54) is 0 Å². The fraction of sp³-hybridized carbons (Fsp3) is 0.889. The summed E-state index contributed by atoms with van der Waals surface area (Å²) in [4.78, 5) is 11.2. The van der Waals surface area contributed by atoms with Crippen molar-refractivity contribution in [3.63, 3.8) is 0 Å². The van der Waals surface area contributed by atoms with Crippen LogP contribution >= 0.6 is 0 Å². The molecule has 2 nitrogen and oxygen atoms in total. The molecule has 1 N–H and O–H groups in total. The van der Waals surface area contributed by atoms with E-state index in [2.05, 4.69) is 26.1 Å². The molecule has 0 aliphatic carbocycles. The van der Waals surface area contributed by atoms with Crippen LogP contribution in [0.3, 0.4) is 0 Å². The molecule has 1 amide bonds. The summed E-state index contributed by atoms with van der Waals surface area (Å²) in [6.07, 6.45) is 1.00. The molecule has 64 valence electrons. The monoisotopic (exact) mass is 155 g/mol. The largest absolute Gasteiger partial charge is 0.353 e. The van der Waals surface area contributed by atoms with E-state index in [-0.39, 0.29) is 17.2 Å². The molecule has 11 heavy (non-hydrogen) atoms. The van der Waals surface area contributed by atoms with Gasteiger partial charge >= 0.3 is 0 Å². The first-order chi connectivity index (χ1) is 4.93. The lowest BCUT2D eigenvalue weighted by molar-refractivity contribution is -0.130. The van der Waals surface area contributed by atoms with Crippen LogP contribution in [-0.4, -0.2) is 11.9 Å². The molecule has 0 spiro atoms. The van der Waals surface area contributed by atoms with Crippen LogP contribution in [0.1, 0.15) is 34.1 Å². The van der Waals surface area contributed by atoms with Gasteiger partial charge in [-0.05, 0) is 18.8 Å². The van der Waals surface area contributed by atoms with Crippen LogP contribution < -0.4 is 5.32 Å². The van der Waals surface area contributed by atoms with Gasteiger partial charge in [0.25, 0.3) is 0 Å². The molecule has 0 aromatic heterocycles. The van der Waals surface area contributed by atoms with Crippen LogP contribution in [0.5, 0.6) is 0 Å². The zero-order valence-electron chi connectivity index (χ0n) is 7.77. The van der Waals surface area contributed by atoms with Crippen molar-refractivity contribution in [1.29, 1.82) is 0 Å². The summed E-state index contributed by atoms with van der Waals surface area (Å²) in [6.45, 7) is 8.47. The number of piperidine rings is 1. The third-order valence-electron chi connectivity index (χ3n) is 2.81. The number of carbonyl (C=O) groups excluding carboxylic acids is 1. The number of hydrogen-bond acceptors (Lipinski definition) is 1. The Morgan fingerprint density at radius 1 is 1.45 bits per heavy atom. The van der Waals surface area contributed by atoms with Gasteiger partial charge in [-0.25, -0.2) is 0 Å². The van der Waals surface area contributed by atoms with Gasteiger partial charge in [0.2, 0.25) is 5.91 Å². The molecule has 0 aromatic carbocycles. The van der Waals surface area contributed by atoms with E-state index in [9.17, 15) is 4.79 Å². The second kappa shape index (κ2) is 2.50. The van der Waals surface area contributed by atoms with E-state index < -0.39 is 0 Å². The normalized spacial score (nSPS) is 36.5. The zero-order valence-corrected chi connectivity index (χ0v) is 7.77. The van der Waals surface area contributed by atoms with E-state index in [0.717, 1.165) is 6.42 Å². The second-order valence-electron chi connectivity index (χ2n) is 4.32. The highest BCUT2D eigenvalue weighted by Crippen LogP contribution is 2.32. The lowest BCUT2D eigenvalue weighted by Crippen LogP contribution is -2.51. The second-order valence-corrected chi connectivity index (χ2v) is 4.32. The Kier molecular flexibility index (Phi) is 1.95. The zero-order chi connectivity index (χ0) is 8.65. The molecular weight excluding hydrogens is 138 g/mol. The highest BCUT2D eigenvalue weighted by atomic mass is 16.2. The molecule has 0 bridgehead atoms. The summed E-state index contributed by atoms with van der Waals surface area (Å²) < 4.78 is 0. The smallest absolute Gasteiger partial charge is 0.223 e. The first-order valence-corrected chi connectivity index (χ1v) is 4.24. The number of rotatable bonds is 0. The number of nitrogens with one attached hydrogen (secondary N) is 1. The van der Waals surface area contributed by atoms with Gasteiger partial charge in [0.05, 0.1) is 0 Å². The number of carbonyl (C=O) groups is 1. The molecule has 2 atom stereocenters. The molecule has 0 radical (unpaired) electrons. The molecule has 1 fully saturated rings. The third kappa shape index (κ3) is 1.55. The minimum Gasteiger partial charge on any atom is -0.353 e. The van der Waals surface area contributed by atoms with Crippen molar-refractivity contribution in [2.75, 3.05) is 0 Å². The lowest BCUT2D eigenvalue weighted by atomic mass is 9.74. The van der Waals surface area contributed by atoms with Gasteiger partial charge in [0, 0.05) is 12.0 Å². The van der Waals surface area contributed by atoms with Crippen molar-refractivity contribution >= 4 is 5.91 Å². The molecular formula is C9H17NO. The Morgan fingerprint density at radius 3 is 2.45 bits per heavy atom. The fourth-order valence-corrected chi connectivity index (χ4v) is 1.61. The Labute approximate surface area is 68.4 Å². The van der Waals surface area contributed by atoms with Gasteiger partial charge in [-0.15, -0.1) is 0 Å². The third-order valence-corrected chi connectivity index (χ3v) is 2.81. The average molecular weight is 155 g/mol. The summed E-state index contributed by atoms with van der Waals surface area (Å²) in [7, 11) is 0. The molecule has 1 aliphatic heterocycles. The average Bonchev–Trinajstić information content (AvgIpc) is 1.83. The summed E-state index contributed by atoms with van der Waals surface area (Å²) in [5, 5.41) is 2.98. The minimum atomic E-state index is 0.182. The summed E-state index contributed by atoms with van der Waals surface area (Å²) >= 11 is 0. The fourth-order valence-electron chi connectivity index (χ4n) is 1.61. The maximum Gasteiger partial charge on any atom is 0.223 e. The standard InChI is InChI=1S/C9H17NO/c1-6-5-9(3,4)7(2)10-8(6)11/h6-7H,5H2,1-4H3,(H,10,11). The first-order valence-electron chi connectivity index (χ1n) is 4.24. The van der Waals surface area contributed by atoms with Crippen molar-refractivity contribution in [2.45, 2.75) is 40.2 Å². The minimum absolute atomic E-state index is 0.182. The molecule has 0 saturated carbocycles. The molecule has 1 heterocycles. The molecule has 2 heteroatoms. The van der Waals surface area contributed by atoms with Crippen LogP contribution in [0, 0.1) is 11.3 Å². The predicted octanol–water partition coefficient (Wildman–Crippen LogP) is 1.56. The quantitative estimate of drug-likeness (QED) is 0.565. The van der Waals surface area contributed by atoms with Crippen molar-refractivity contribution in [1.82, 2.24) is 5.32 Å². The van der Waals surface area contributed by atoms with Crippen LogP contribution in [-0.2, 0) is 4.79 Å². The van der Waals surface area contributed by atoms with E-state index in [4.69, 9.17) is 0 Å².